The first-order valence-corrected chi connectivity index (χ1v) is 6.09. The molecule has 5 nitrogen and oxygen atoms in total. The predicted molar refractivity (Wildman–Crippen MR) is 55.3 cm³/mol. The Morgan fingerprint density at radius 3 is 2.33 bits per heavy atom. The Hall–Kier alpha value is -1.48. The second-order valence-corrected chi connectivity index (χ2v) is 4.53. The average molecular weight is 269 g/mol. The van der Waals surface area contributed by atoms with Crippen molar-refractivity contribution in [3.05, 3.63) is 29.8 Å². The van der Waals surface area contributed by atoms with Gasteiger partial charge in [0.1, 0.15) is 0 Å². The monoisotopic (exact) mass is 269 g/mol. The van der Waals surface area contributed by atoms with Crippen LogP contribution >= 0.6 is 0 Å². The maximum absolute atomic E-state index is 11.1. The number of amides is 3. The van der Waals surface area contributed by atoms with E-state index >= 15 is 0 Å². The van der Waals surface area contributed by atoms with Crippen LogP contribution in [-0.4, -0.2) is 27.6 Å². The zero-order valence-electron chi connectivity index (χ0n) is 7.82. The van der Waals surface area contributed by atoms with E-state index in [4.69, 9.17) is 5.73 Å². The third kappa shape index (κ3) is 4.04. The first-order valence-electron chi connectivity index (χ1n) is 4.18. The van der Waals surface area contributed by atoms with Crippen molar-refractivity contribution in [3.8, 4) is 0 Å². The van der Waals surface area contributed by atoms with Crippen LogP contribution in [0.2, 0.25) is 0 Å². The van der Waals surface area contributed by atoms with Crippen molar-refractivity contribution in [1.29, 1.82) is 0 Å². The molecule has 1 rings (SSSR count). The number of urea groups is 1. The fourth-order valence-electron chi connectivity index (χ4n) is 1.06. The van der Waals surface area contributed by atoms with Crippen LogP contribution in [0.5, 0.6) is 0 Å². The summed E-state index contributed by atoms with van der Waals surface area (Å²) in [6, 6.07) is 5.97. The normalized spacial score (nSPS) is 9.87. The van der Waals surface area contributed by atoms with Crippen LogP contribution in [0.1, 0.15) is 5.56 Å². The minimum atomic E-state index is -1.28. The molecule has 0 spiro atoms. The molecule has 0 aliphatic rings. The summed E-state index contributed by atoms with van der Waals surface area (Å²) < 4.78 is 11.4. The fraction of sp³-hybridized carbons (Fsp3) is 0.111. The van der Waals surface area contributed by atoms with Crippen LogP contribution in [0.3, 0.4) is 0 Å². The molecular formula is C9H10AsN2O3. The third-order valence-electron chi connectivity index (χ3n) is 1.70. The summed E-state index contributed by atoms with van der Waals surface area (Å²) in [6.07, 6.45) is 0.0854. The van der Waals surface area contributed by atoms with Gasteiger partial charge in [0.2, 0.25) is 0 Å². The number of primary amides is 1. The molecule has 79 valence electrons. The van der Waals surface area contributed by atoms with Crippen LogP contribution in [-0.2, 0) is 15.0 Å². The Morgan fingerprint density at radius 2 is 1.87 bits per heavy atom. The van der Waals surface area contributed by atoms with Crippen molar-refractivity contribution < 1.29 is 13.3 Å². The topological polar surface area (TPSA) is 89.3 Å². The zero-order valence-corrected chi connectivity index (χ0v) is 9.92. The number of nitrogens with two attached hydrogens (primary N) is 1. The number of rotatable bonds is 3. The molecule has 1 aromatic rings. The zero-order chi connectivity index (χ0) is 11.3. The van der Waals surface area contributed by atoms with Gasteiger partial charge in [0, 0.05) is 0 Å². The van der Waals surface area contributed by atoms with E-state index in [1.807, 2.05) is 5.32 Å². The van der Waals surface area contributed by atoms with E-state index in [1.165, 1.54) is 0 Å². The Bertz CT molecular complexity index is 389. The molecule has 3 N–H and O–H groups in total. The van der Waals surface area contributed by atoms with E-state index in [9.17, 15) is 13.3 Å². The number of nitrogens with one attached hydrogen (secondary N) is 1. The molecule has 0 fully saturated rings. The Balaban J connectivity index is 2.61. The van der Waals surface area contributed by atoms with Crippen molar-refractivity contribution in [1.82, 2.24) is 5.32 Å². The molecule has 1 aromatic carbocycles. The van der Waals surface area contributed by atoms with E-state index < -0.39 is 27.6 Å². The van der Waals surface area contributed by atoms with Gasteiger partial charge in [-0.15, -0.1) is 0 Å². The van der Waals surface area contributed by atoms with Gasteiger partial charge in [-0.05, 0) is 0 Å². The van der Waals surface area contributed by atoms with Crippen LogP contribution in [0.4, 0.5) is 4.79 Å². The van der Waals surface area contributed by atoms with Gasteiger partial charge >= 0.3 is 92.6 Å². The Labute approximate surface area is 92.9 Å². The standard InChI is InChI=1S/C9H10AsN2O3/c11-9(14)12-8(13)5-6-1-3-7(10-15)4-2-6/h1-4,10H,5H2,(H3,11,12,13,14). The van der Waals surface area contributed by atoms with Gasteiger partial charge in [-0.1, -0.05) is 0 Å². The van der Waals surface area contributed by atoms with E-state index in [0.29, 0.717) is 0 Å². The molecule has 0 aliphatic heterocycles. The fourth-order valence-corrected chi connectivity index (χ4v) is 1.69. The van der Waals surface area contributed by atoms with E-state index in [1.54, 1.807) is 24.3 Å². The average Bonchev–Trinajstić information content (AvgIpc) is 2.17. The molecule has 3 amide bonds. The molecule has 1 radical (unpaired) electrons. The second kappa shape index (κ2) is 5.41. The number of hydrogen-bond donors (Lipinski definition) is 2. The molecule has 0 saturated heterocycles. The van der Waals surface area contributed by atoms with Gasteiger partial charge in [-0.3, -0.25) is 0 Å². The van der Waals surface area contributed by atoms with Crippen molar-refractivity contribution >= 4 is 32.0 Å². The summed E-state index contributed by atoms with van der Waals surface area (Å²) >= 11 is -1.28. The van der Waals surface area contributed by atoms with Crippen LogP contribution < -0.4 is 15.4 Å². The van der Waals surface area contributed by atoms with Crippen molar-refractivity contribution in [2.75, 3.05) is 0 Å². The Morgan fingerprint density at radius 1 is 1.27 bits per heavy atom. The van der Waals surface area contributed by atoms with Crippen LogP contribution in [0.25, 0.3) is 0 Å². The maximum atomic E-state index is 11.1. The molecular weight excluding hydrogens is 259 g/mol. The summed E-state index contributed by atoms with van der Waals surface area (Å²) in [5.41, 5.74) is 5.53. The minimum absolute atomic E-state index is 0.0854. The number of carbonyl (C=O) groups excluding carboxylic acids is 2. The third-order valence-corrected chi connectivity index (χ3v) is 2.89. The number of carbonyl (C=O) groups is 2. The van der Waals surface area contributed by atoms with Crippen LogP contribution in [0, 0.1) is 0 Å². The summed E-state index contributed by atoms with van der Waals surface area (Å²) in [7, 11) is 0. The molecule has 15 heavy (non-hydrogen) atoms. The van der Waals surface area contributed by atoms with Gasteiger partial charge in [0.25, 0.3) is 0 Å². The van der Waals surface area contributed by atoms with Gasteiger partial charge in [0.15, 0.2) is 0 Å². The molecule has 0 saturated carbocycles. The molecule has 6 heteroatoms. The Kier molecular flexibility index (Phi) is 4.18. The molecule has 0 heterocycles. The summed E-state index contributed by atoms with van der Waals surface area (Å²) in [4.78, 5) is 21.5. The molecule has 0 bridgehead atoms. The summed E-state index contributed by atoms with van der Waals surface area (Å²) in [5, 5.41) is 1.97. The predicted octanol–water partition coefficient (Wildman–Crippen LogP) is -1.17. The summed E-state index contributed by atoms with van der Waals surface area (Å²) in [5.74, 6) is -0.451. The van der Waals surface area contributed by atoms with Crippen molar-refractivity contribution in [2.24, 2.45) is 5.73 Å². The molecule has 0 aliphatic carbocycles. The number of imide groups is 1. The molecule has 0 aromatic heterocycles. The first-order chi connectivity index (χ1) is 7.11. The molecule has 1 atom stereocenters. The van der Waals surface area contributed by atoms with Crippen LogP contribution in [0.15, 0.2) is 24.3 Å². The van der Waals surface area contributed by atoms with E-state index in [-0.39, 0.29) is 6.42 Å². The van der Waals surface area contributed by atoms with Gasteiger partial charge in [-0.2, -0.15) is 0 Å². The molecule has 1 unspecified atom stereocenters. The summed E-state index contributed by atoms with van der Waals surface area (Å²) in [6.45, 7) is 0. The number of benzene rings is 1. The van der Waals surface area contributed by atoms with E-state index in [2.05, 4.69) is 0 Å². The van der Waals surface area contributed by atoms with E-state index in [0.717, 1.165) is 9.91 Å². The van der Waals surface area contributed by atoms with Crippen molar-refractivity contribution in [2.45, 2.75) is 6.42 Å². The van der Waals surface area contributed by atoms with Crippen molar-refractivity contribution in [3.63, 3.8) is 0 Å². The quantitative estimate of drug-likeness (QED) is 0.678. The number of hydrogen-bond acceptors (Lipinski definition) is 3. The first kappa shape index (κ1) is 11.6. The van der Waals surface area contributed by atoms with Gasteiger partial charge < -0.3 is 0 Å². The van der Waals surface area contributed by atoms with Gasteiger partial charge in [-0.25, -0.2) is 0 Å². The SMILES string of the molecule is NC(=O)NC(=O)Cc1ccc([AsH]=O)cc1. The van der Waals surface area contributed by atoms with Gasteiger partial charge in [0.05, 0.1) is 0 Å². The second-order valence-electron chi connectivity index (χ2n) is 2.89.